The molecule has 118 valence electrons. The summed E-state index contributed by atoms with van der Waals surface area (Å²) in [7, 11) is 0. The van der Waals surface area contributed by atoms with Crippen LogP contribution in [0.25, 0.3) is 0 Å². The van der Waals surface area contributed by atoms with Gasteiger partial charge in [-0.3, -0.25) is 0 Å². The van der Waals surface area contributed by atoms with Crippen molar-refractivity contribution >= 4 is 11.8 Å². The number of alkyl carbamates (subject to hydrolysis) is 1. The Morgan fingerprint density at radius 2 is 1.71 bits per heavy atom. The second-order valence-corrected chi connectivity index (χ2v) is 5.46. The molecular formula is C14H19F3N2O2. The number of halogens is 3. The van der Waals surface area contributed by atoms with Gasteiger partial charge < -0.3 is 15.4 Å². The fraction of sp³-hybridized carbons (Fsp3) is 0.500. The summed E-state index contributed by atoms with van der Waals surface area (Å²) in [5.41, 5.74) is -0.692. The van der Waals surface area contributed by atoms with Gasteiger partial charge in [-0.25, -0.2) is 18.0 Å². The average molecular weight is 304 g/mol. The topological polar surface area (TPSA) is 50.4 Å². The van der Waals surface area contributed by atoms with Crippen LogP contribution in [-0.2, 0) is 4.74 Å². The molecule has 21 heavy (non-hydrogen) atoms. The lowest BCUT2D eigenvalue weighted by Crippen LogP contribution is -2.33. The zero-order chi connectivity index (χ0) is 16.0. The number of hydrogen-bond acceptors (Lipinski definition) is 3. The molecule has 0 aromatic heterocycles. The van der Waals surface area contributed by atoms with Crippen LogP contribution in [0.1, 0.15) is 27.2 Å². The number of anilines is 1. The van der Waals surface area contributed by atoms with Gasteiger partial charge >= 0.3 is 6.09 Å². The molecule has 0 aliphatic heterocycles. The van der Waals surface area contributed by atoms with E-state index in [9.17, 15) is 18.0 Å². The Morgan fingerprint density at radius 1 is 1.10 bits per heavy atom. The summed E-state index contributed by atoms with van der Waals surface area (Å²) in [6.45, 7) is 5.85. The van der Waals surface area contributed by atoms with Crippen molar-refractivity contribution in [3.8, 4) is 0 Å². The van der Waals surface area contributed by atoms with E-state index in [4.69, 9.17) is 4.74 Å². The van der Waals surface area contributed by atoms with Gasteiger partial charge in [0.25, 0.3) is 0 Å². The third-order valence-electron chi connectivity index (χ3n) is 2.35. The van der Waals surface area contributed by atoms with Crippen LogP contribution in [-0.4, -0.2) is 24.8 Å². The summed E-state index contributed by atoms with van der Waals surface area (Å²) in [6.07, 6.45) is -0.0704. The molecule has 2 N–H and O–H groups in total. The molecule has 0 fully saturated rings. The summed E-state index contributed by atoms with van der Waals surface area (Å²) in [6, 6.07) is 1.24. The molecule has 1 aromatic carbocycles. The minimum Gasteiger partial charge on any atom is -0.444 e. The molecule has 0 aliphatic carbocycles. The highest BCUT2D eigenvalue weighted by atomic mass is 19.2. The Hall–Kier alpha value is -1.92. The second-order valence-electron chi connectivity index (χ2n) is 5.46. The van der Waals surface area contributed by atoms with Crippen LogP contribution in [0, 0.1) is 17.5 Å². The third-order valence-corrected chi connectivity index (χ3v) is 2.35. The van der Waals surface area contributed by atoms with Gasteiger partial charge in [0.05, 0.1) is 5.69 Å². The van der Waals surface area contributed by atoms with Gasteiger partial charge in [0, 0.05) is 25.2 Å². The van der Waals surface area contributed by atoms with E-state index in [1.54, 1.807) is 20.8 Å². The first-order valence-corrected chi connectivity index (χ1v) is 6.54. The highest BCUT2D eigenvalue weighted by molar-refractivity contribution is 5.67. The number of nitrogens with one attached hydrogen (secondary N) is 2. The maximum atomic E-state index is 13.3. The van der Waals surface area contributed by atoms with Gasteiger partial charge in [-0.05, 0) is 27.2 Å². The van der Waals surface area contributed by atoms with E-state index in [1.807, 2.05) is 0 Å². The Labute approximate surface area is 121 Å². The summed E-state index contributed by atoms with van der Waals surface area (Å²) in [5.74, 6) is -3.22. The molecule has 0 spiro atoms. The molecule has 1 amide bonds. The largest absolute Gasteiger partial charge is 0.444 e. The Kier molecular flexibility index (Phi) is 5.87. The van der Waals surface area contributed by atoms with Crippen molar-refractivity contribution in [1.29, 1.82) is 0 Å². The van der Waals surface area contributed by atoms with Crippen LogP contribution in [0.4, 0.5) is 23.7 Å². The fourth-order valence-corrected chi connectivity index (χ4v) is 1.47. The molecule has 0 radical (unpaired) electrons. The number of hydrogen-bond donors (Lipinski definition) is 2. The normalized spacial score (nSPS) is 11.1. The molecule has 0 heterocycles. The smallest absolute Gasteiger partial charge is 0.407 e. The van der Waals surface area contributed by atoms with E-state index in [0.717, 1.165) is 6.07 Å². The summed E-state index contributed by atoms with van der Waals surface area (Å²) >= 11 is 0. The molecule has 0 atom stereocenters. The first kappa shape index (κ1) is 17.1. The monoisotopic (exact) mass is 304 g/mol. The van der Waals surface area contributed by atoms with E-state index in [0.29, 0.717) is 19.0 Å². The molecule has 0 saturated carbocycles. The highest BCUT2D eigenvalue weighted by Crippen LogP contribution is 2.18. The summed E-state index contributed by atoms with van der Waals surface area (Å²) in [4.78, 5) is 11.3. The third kappa shape index (κ3) is 6.37. The molecule has 0 saturated heterocycles. The number of benzene rings is 1. The van der Waals surface area contributed by atoms with Gasteiger partial charge in [-0.15, -0.1) is 0 Å². The molecule has 4 nitrogen and oxygen atoms in total. The average Bonchev–Trinajstić information content (AvgIpc) is 2.32. The van der Waals surface area contributed by atoms with Crippen LogP contribution >= 0.6 is 0 Å². The van der Waals surface area contributed by atoms with Gasteiger partial charge in [-0.2, -0.15) is 0 Å². The molecule has 1 rings (SSSR count). The Morgan fingerprint density at radius 3 is 2.33 bits per heavy atom. The minimum atomic E-state index is -1.23. The lowest BCUT2D eigenvalue weighted by atomic mass is 10.2. The maximum Gasteiger partial charge on any atom is 0.407 e. The number of amides is 1. The summed E-state index contributed by atoms with van der Waals surface area (Å²) < 4.78 is 44.0. The fourth-order valence-electron chi connectivity index (χ4n) is 1.47. The number of rotatable bonds is 5. The highest BCUT2D eigenvalue weighted by Gasteiger charge is 2.15. The van der Waals surface area contributed by atoms with Crippen molar-refractivity contribution in [2.24, 2.45) is 0 Å². The molecule has 0 aliphatic rings. The number of carbonyl (C=O) groups excluding carboxylic acids is 1. The summed E-state index contributed by atoms with van der Waals surface area (Å²) in [5, 5.41) is 5.16. The quantitative estimate of drug-likeness (QED) is 0.647. The van der Waals surface area contributed by atoms with Gasteiger partial charge in [-0.1, -0.05) is 0 Å². The molecule has 1 aromatic rings. The van der Waals surface area contributed by atoms with Gasteiger partial charge in [0.2, 0.25) is 0 Å². The number of carbonyl (C=O) groups is 1. The van der Waals surface area contributed by atoms with Crippen molar-refractivity contribution in [3.63, 3.8) is 0 Å². The SMILES string of the molecule is CC(C)(C)OC(=O)NCCCNc1cc(F)c(F)cc1F. The van der Waals surface area contributed by atoms with Crippen LogP contribution in [0.15, 0.2) is 12.1 Å². The van der Waals surface area contributed by atoms with E-state index in [1.165, 1.54) is 0 Å². The number of ether oxygens (including phenoxy) is 1. The Bertz CT molecular complexity index is 502. The van der Waals surface area contributed by atoms with Crippen molar-refractivity contribution in [3.05, 3.63) is 29.6 Å². The first-order valence-electron chi connectivity index (χ1n) is 6.54. The van der Waals surface area contributed by atoms with E-state index >= 15 is 0 Å². The second kappa shape index (κ2) is 7.19. The molecule has 7 heteroatoms. The van der Waals surface area contributed by atoms with Crippen LogP contribution in [0.3, 0.4) is 0 Å². The van der Waals surface area contributed by atoms with Crippen molar-refractivity contribution in [1.82, 2.24) is 5.32 Å². The standard InChI is InChI=1S/C14H19F3N2O2/c1-14(2,3)21-13(20)19-6-4-5-18-12-8-10(16)9(15)7-11(12)17/h7-8,18H,4-6H2,1-3H3,(H,19,20). The van der Waals surface area contributed by atoms with E-state index < -0.39 is 29.1 Å². The minimum absolute atomic E-state index is 0.119. The van der Waals surface area contributed by atoms with Gasteiger partial charge in [0.15, 0.2) is 11.6 Å². The maximum absolute atomic E-state index is 13.3. The van der Waals surface area contributed by atoms with Crippen LogP contribution < -0.4 is 10.6 Å². The van der Waals surface area contributed by atoms with Gasteiger partial charge in [0.1, 0.15) is 11.4 Å². The van der Waals surface area contributed by atoms with Crippen molar-refractivity contribution < 1.29 is 22.7 Å². The zero-order valence-electron chi connectivity index (χ0n) is 12.2. The zero-order valence-corrected chi connectivity index (χ0v) is 12.2. The van der Waals surface area contributed by atoms with Crippen LogP contribution in [0.5, 0.6) is 0 Å². The lowest BCUT2D eigenvalue weighted by molar-refractivity contribution is 0.0528. The Balaban J connectivity index is 2.29. The van der Waals surface area contributed by atoms with Crippen LogP contribution in [0.2, 0.25) is 0 Å². The van der Waals surface area contributed by atoms with Crippen molar-refractivity contribution in [2.45, 2.75) is 32.8 Å². The molecule has 0 bridgehead atoms. The van der Waals surface area contributed by atoms with E-state index in [-0.39, 0.29) is 12.2 Å². The predicted molar refractivity (Wildman–Crippen MR) is 73.7 cm³/mol. The first-order chi connectivity index (χ1) is 9.69. The predicted octanol–water partition coefficient (Wildman–Crippen LogP) is 3.43. The molecule has 0 unspecified atom stereocenters. The lowest BCUT2D eigenvalue weighted by Gasteiger charge is -2.19. The van der Waals surface area contributed by atoms with E-state index in [2.05, 4.69) is 10.6 Å². The molecular weight excluding hydrogens is 285 g/mol. The van der Waals surface area contributed by atoms with Crippen molar-refractivity contribution in [2.75, 3.05) is 18.4 Å².